The van der Waals surface area contributed by atoms with Crippen LogP contribution >= 0.6 is 40.7 Å². The second-order valence-corrected chi connectivity index (χ2v) is 6.51. The molecular weight excluding hydrogens is 377 g/mol. The molecule has 4 nitrogen and oxygen atoms in total. The summed E-state index contributed by atoms with van der Waals surface area (Å²) in [6.45, 7) is 1.64. The molecule has 1 aliphatic carbocycles. The second-order valence-electron chi connectivity index (χ2n) is 5.59. The molecule has 118 valence electrons. The van der Waals surface area contributed by atoms with Gasteiger partial charge < -0.3 is 10.6 Å². The fraction of sp³-hybridized carbons (Fsp3) is 0.571. The lowest BCUT2D eigenvalue weighted by Crippen LogP contribution is -2.38. The quantitative estimate of drug-likeness (QED) is 0.793. The molecule has 3 atom stereocenters. The van der Waals surface area contributed by atoms with Gasteiger partial charge in [0, 0.05) is 29.8 Å². The molecule has 0 bridgehead atoms. The highest BCUT2D eigenvalue weighted by atomic mass is 79.9. The predicted octanol–water partition coefficient (Wildman–Crippen LogP) is 2.89. The summed E-state index contributed by atoms with van der Waals surface area (Å²) in [4.78, 5) is 18.5. The van der Waals surface area contributed by atoms with E-state index in [0.29, 0.717) is 17.5 Å². The molecule has 0 aromatic carbocycles. The van der Waals surface area contributed by atoms with Gasteiger partial charge in [0.05, 0.1) is 0 Å². The number of carbonyl (C=O) groups excluding carboxylic acids is 1. The molecule has 1 saturated heterocycles. The predicted molar refractivity (Wildman–Crippen MR) is 91.1 cm³/mol. The molecular formula is C14H20BrCl2N3O. The number of fused-ring (bicyclic) bond motifs is 1. The Bertz CT molecular complexity index is 486. The van der Waals surface area contributed by atoms with Gasteiger partial charge in [-0.25, -0.2) is 4.98 Å². The van der Waals surface area contributed by atoms with Gasteiger partial charge in [-0.3, -0.25) is 4.79 Å². The Labute approximate surface area is 145 Å². The first-order chi connectivity index (χ1) is 9.15. The van der Waals surface area contributed by atoms with Crippen LogP contribution in [0.3, 0.4) is 0 Å². The zero-order valence-electron chi connectivity index (χ0n) is 11.6. The van der Waals surface area contributed by atoms with Crippen LogP contribution in [0, 0.1) is 11.8 Å². The van der Waals surface area contributed by atoms with Gasteiger partial charge in [0.15, 0.2) is 0 Å². The first-order valence-electron chi connectivity index (χ1n) is 6.81. The van der Waals surface area contributed by atoms with Crippen molar-refractivity contribution in [3.8, 4) is 0 Å². The fourth-order valence-electron chi connectivity index (χ4n) is 3.35. The van der Waals surface area contributed by atoms with Gasteiger partial charge in [-0.1, -0.05) is 6.42 Å². The number of hydrogen-bond acceptors (Lipinski definition) is 3. The second kappa shape index (κ2) is 7.77. The van der Waals surface area contributed by atoms with Crippen molar-refractivity contribution in [1.29, 1.82) is 0 Å². The number of amides is 1. The molecule has 2 N–H and O–H groups in total. The highest BCUT2D eigenvalue weighted by molar-refractivity contribution is 9.10. The standard InChI is InChI=1S/C14H18BrN3O.2ClH/c15-10-4-5-13(17-6-10)14(19)18-7-9-2-1-3-12(16)11(9)8-18;;/h4-6,9,11-12H,1-3,7-8,16H2;2*1H. The third-order valence-corrected chi connectivity index (χ3v) is 4.86. The van der Waals surface area contributed by atoms with Gasteiger partial charge in [-0.15, -0.1) is 24.8 Å². The van der Waals surface area contributed by atoms with E-state index in [2.05, 4.69) is 20.9 Å². The van der Waals surface area contributed by atoms with Crippen molar-refractivity contribution in [2.45, 2.75) is 25.3 Å². The number of nitrogens with two attached hydrogens (primary N) is 1. The number of halogens is 3. The summed E-state index contributed by atoms with van der Waals surface area (Å²) in [6, 6.07) is 3.89. The minimum absolute atomic E-state index is 0. The molecule has 21 heavy (non-hydrogen) atoms. The summed E-state index contributed by atoms with van der Waals surface area (Å²) in [5.41, 5.74) is 6.70. The summed E-state index contributed by atoms with van der Waals surface area (Å²) >= 11 is 3.33. The fourth-order valence-corrected chi connectivity index (χ4v) is 3.58. The van der Waals surface area contributed by atoms with Crippen LogP contribution in [-0.2, 0) is 0 Å². The van der Waals surface area contributed by atoms with Crippen molar-refractivity contribution in [1.82, 2.24) is 9.88 Å². The lowest BCUT2D eigenvalue weighted by atomic mass is 9.78. The lowest BCUT2D eigenvalue weighted by molar-refractivity contribution is 0.0777. The normalized spacial score (nSPS) is 27.3. The Hall–Kier alpha value is -0.360. The molecule has 0 spiro atoms. The largest absolute Gasteiger partial charge is 0.337 e. The van der Waals surface area contributed by atoms with E-state index in [9.17, 15) is 4.79 Å². The number of likely N-dealkylation sites (tertiary alicyclic amines) is 1. The molecule has 1 amide bonds. The highest BCUT2D eigenvalue weighted by Crippen LogP contribution is 2.35. The molecule has 2 fully saturated rings. The average molecular weight is 397 g/mol. The molecule has 1 saturated carbocycles. The Morgan fingerprint density at radius 1 is 1.29 bits per heavy atom. The Morgan fingerprint density at radius 3 is 2.67 bits per heavy atom. The third-order valence-electron chi connectivity index (χ3n) is 4.39. The number of carbonyl (C=O) groups is 1. The SMILES string of the molecule is Cl.Cl.NC1CCCC2CN(C(=O)c3ccc(Br)cn3)CC12. The van der Waals surface area contributed by atoms with Crippen molar-refractivity contribution >= 4 is 46.7 Å². The van der Waals surface area contributed by atoms with Crippen LogP contribution in [0.2, 0.25) is 0 Å². The third kappa shape index (κ3) is 3.89. The lowest BCUT2D eigenvalue weighted by Gasteiger charge is -2.29. The van der Waals surface area contributed by atoms with Crippen LogP contribution in [0.5, 0.6) is 0 Å². The van der Waals surface area contributed by atoms with Gasteiger partial charge in [0.2, 0.25) is 0 Å². The van der Waals surface area contributed by atoms with E-state index in [1.54, 1.807) is 12.3 Å². The zero-order valence-corrected chi connectivity index (χ0v) is 14.8. The van der Waals surface area contributed by atoms with Gasteiger partial charge >= 0.3 is 0 Å². The van der Waals surface area contributed by atoms with E-state index in [0.717, 1.165) is 24.0 Å². The summed E-state index contributed by atoms with van der Waals surface area (Å²) in [5, 5.41) is 0. The smallest absolute Gasteiger partial charge is 0.272 e. The maximum absolute atomic E-state index is 12.4. The van der Waals surface area contributed by atoms with E-state index < -0.39 is 0 Å². The van der Waals surface area contributed by atoms with Crippen molar-refractivity contribution < 1.29 is 4.79 Å². The molecule has 3 rings (SSSR count). The van der Waals surface area contributed by atoms with Crippen LogP contribution in [0.15, 0.2) is 22.8 Å². The van der Waals surface area contributed by atoms with Gasteiger partial charge in [-0.2, -0.15) is 0 Å². The van der Waals surface area contributed by atoms with Crippen molar-refractivity contribution in [3.63, 3.8) is 0 Å². The molecule has 1 aromatic rings. The van der Waals surface area contributed by atoms with E-state index in [-0.39, 0.29) is 36.8 Å². The summed E-state index contributed by atoms with van der Waals surface area (Å²) in [5.74, 6) is 1.10. The molecule has 1 aromatic heterocycles. The van der Waals surface area contributed by atoms with Crippen LogP contribution in [-0.4, -0.2) is 34.9 Å². The Kier molecular flexibility index (Phi) is 6.91. The van der Waals surface area contributed by atoms with E-state index in [1.807, 2.05) is 11.0 Å². The van der Waals surface area contributed by atoms with E-state index >= 15 is 0 Å². The van der Waals surface area contributed by atoms with Crippen molar-refractivity contribution in [3.05, 3.63) is 28.5 Å². The van der Waals surface area contributed by atoms with Crippen molar-refractivity contribution in [2.24, 2.45) is 17.6 Å². The Balaban J connectivity index is 0.00000110. The summed E-state index contributed by atoms with van der Waals surface area (Å²) in [6.07, 6.45) is 5.17. The number of rotatable bonds is 1. The van der Waals surface area contributed by atoms with Crippen LogP contribution in [0.1, 0.15) is 29.8 Å². The van der Waals surface area contributed by atoms with Crippen LogP contribution in [0.25, 0.3) is 0 Å². The molecule has 2 aliphatic rings. The summed E-state index contributed by atoms with van der Waals surface area (Å²) in [7, 11) is 0. The zero-order chi connectivity index (χ0) is 13.4. The molecule has 7 heteroatoms. The average Bonchev–Trinajstić information content (AvgIpc) is 2.84. The van der Waals surface area contributed by atoms with E-state index in [4.69, 9.17) is 5.73 Å². The monoisotopic (exact) mass is 395 g/mol. The maximum Gasteiger partial charge on any atom is 0.272 e. The molecule has 0 radical (unpaired) electrons. The Morgan fingerprint density at radius 2 is 2.05 bits per heavy atom. The number of pyridine rings is 1. The molecule has 3 unspecified atom stereocenters. The topological polar surface area (TPSA) is 59.2 Å². The number of hydrogen-bond donors (Lipinski definition) is 1. The van der Waals surface area contributed by atoms with Crippen LogP contribution in [0.4, 0.5) is 0 Å². The first kappa shape index (κ1) is 18.7. The molecule has 2 heterocycles. The number of aromatic nitrogens is 1. The summed E-state index contributed by atoms with van der Waals surface area (Å²) < 4.78 is 0.890. The first-order valence-corrected chi connectivity index (χ1v) is 7.61. The van der Waals surface area contributed by atoms with Gasteiger partial charge in [0.25, 0.3) is 5.91 Å². The van der Waals surface area contributed by atoms with Crippen LogP contribution < -0.4 is 5.73 Å². The van der Waals surface area contributed by atoms with E-state index in [1.165, 1.54) is 12.8 Å². The maximum atomic E-state index is 12.4. The van der Waals surface area contributed by atoms with Gasteiger partial charge in [0.1, 0.15) is 5.69 Å². The van der Waals surface area contributed by atoms with Crippen molar-refractivity contribution in [2.75, 3.05) is 13.1 Å². The number of nitrogens with zero attached hydrogens (tertiary/aromatic N) is 2. The molecule has 1 aliphatic heterocycles. The minimum atomic E-state index is 0. The minimum Gasteiger partial charge on any atom is -0.337 e. The van der Waals surface area contributed by atoms with Gasteiger partial charge in [-0.05, 0) is 52.7 Å². The highest BCUT2D eigenvalue weighted by Gasteiger charge is 2.40.